The number of nitro benzene ring substituents is 1. The van der Waals surface area contributed by atoms with Crippen LogP contribution in [0.3, 0.4) is 0 Å². The van der Waals surface area contributed by atoms with Gasteiger partial charge in [-0.2, -0.15) is 0 Å². The number of fused-ring (bicyclic) bond motifs is 1. The van der Waals surface area contributed by atoms with E-state index in [9.17, 15) is 24.8 Å². The van der Waals surface area contributed by atoms with Crippen LogP contribution in [0.15, 0.2) is 72.8 Å². The quantitative estimate of drug-likeness (QED) is 0.276. The molecule has 1 atom stereocenters. The Morgan fingerprint density at radius 3 is 2.39 bits per heavy atom. The maximum absolute atomic E-state index is 13.6. The largest absolute Gasteiger partial charge is 0.490 e. The number of methoxy groups -OCH3 is 1. The molecule has 1 N–H and O–H groups in total. The van der Waals surface area contributed by atoms with Gasteiger partial charge in [-0.15, -0.1) is 0 Å². The van der Waals surface area contributed by atoms with Crippen molar-refractivity contribution in [2.24, 2.45) is 0 Å². The van der Waals surface area contributed by atoms with Crippen molar-refractivity contribution >= 4 is 28.8 Å². The van der Waals surface area contributed by atoms with Crippen molar-refractivity contribution in [3.05, 3.63) is 94.0 Å². The Kier molecular flexibility index (Phi) is 6.83. The van der Waals surface area contributed by atoms with Gasteiger partial charge in [-0.25, -0.2) is 0 Å². The van der Waals surface area contributed by atoms with Crippen molar-refractivity contribution in [2.45, 2.75) is 12.0 Å². The second-order valence-electron chi connectivity index (χ2n) is 9.44. The van der Waals surface area contributed by atoms with E-state index in [1.165, 1.54) is 24.1 Å². The molecular formula is C28H28N4O6. The number of aliphatic hydroxyl groups is 1. The lowest BCUT2D eigenvalue weighted by Gasteiger charge is -2.38. The number of para-hydroxylation sites is 2. The SMILES string of the molecule is COc1ccc(C(=O)CC2(O)C(=O)N(CN3CCN(c4ccccc4)CC3)c3ccccc32)cc1[N+](=O)[O-]. The van der Waals surface area contributed by atoms with E-state index in [0.29, 0.717) is 11.3 Å². The van der Waals surface area contributed by atoms with Gasteiger partial charge >= 0.3 is 5.69 Å². The Labute approximate surface area is 219 Å². The fourth-order valence-electron chi connectivity index (χ4n) is 5.14. The normalized spacial score (nSPS) is 19.4. The third-order valence-corrected chi connectivity index (χ3v) is 7.19. The van der Waals surface area contributed by atoms with Crippen molar-refractivity contribution in [2.75, 3.05) is 49.8 Å². The van der Waals surface area contributed by atoms with E-state index in [0.717, 1.165) is 37.9 Å². The van der Waals surface area contributed by atoms with Crippen LogP contribution in [0.1, 0.15) is 22.3 Å². The van der Waals surface area contributed by atoms with Crippen LogP contribution in [0.4, 0.5) is 17.1 Å². The van der Waals surface area contributed by atoms with Crippen LogP contribution in [0.5, 0.6) is 5.75 Å². The molecule has 1 amide bonds. The number of anilines is 2. The van der Waals surface area contributed by atoms with Gasteiger partial charge in [0.15, 0.2) is 17.1 Å². The third-order valence-electron chi connectivity index (χ3n) is 7.19. The summed E-state index contributed by atoms with van der Waals surface area (Å²) in [7, 11) is 1.30. The molecule has 196 valence electrons. The van der Waals surface area contributed by atoms with E-state index in [1.807, 2.05) is 18.2 Å². The highest BCUT2D eigenvalue weighted by Crippen LogP contribution is 2.43. The molecule has 1 unspecified atom stereocenters. The number of nitrogens with zero attached hydrogens (tertiary/aromatic N) is 4. The average molecular weight is 517 g/mol. The molecule has 0 radical (unpaired) electrons. The minimum atomic E-state index is -2.08. The van der Waals surface area contributed by atoms with E-state index in [-0.39, 0.29) is 23.7 Å². The number of rotatable bonds is 8. The van der Waals surface area contributed by atoms with Gasteiger partial charge < -0.3 is 14.7 Å². The number of nitro groups is 1. The number of hydrogen-bond donors (Lipinski definition) is 1. The lowest BCUT2D eigenvalue weighted by Crippen LogP contribution is -2.52. The molecule has 0 bridgehead atoms. The average Bonchev–Trinajstić information content (AvgIpc) is 3.15. The first-order valence-electron chi connectivity index (χ1n) is 12.3. The fraction of sp³-hybridized carbons (Fsp3) is 0.286. The summed E-state index contributed by atoms with van der Waals surface area (Å²) < 4.78 is 5.01. The Morgan fingerprint density at radius 1 is 1.03 bits per heavy atom. The van der Waals surface area contributed by atoms with Gasteiger partial charge in [0, 0.05) is 49.1 Å². The maximum atomic E-state index is 13.6. The number of ketones is 1. The molecule has 3 aromatic rings. The Morgan fingerprint density at radius 2 is 1.71 bits per heavy atom. The number of benzene rings is 3. The van der Waals surface area contributed by atoms with Crippen molar-refractivity contribution in [3.8, 4) is 5.75 Å². The summed E-state index contributed by atoms with van der Waals surface area (Å²) in [5, 5.41) is 23.0. The summed E-state index contributed by atoms with van der Waals surface area (Å²) in [6, 6.07) is 20.9. The molecular weight excluding hydrogens is 488 g/mol. The Balaban J connectivity index is 1.34. The van der Waals surface area contributed by atoms with Crippen LogP contribution < -0.4 is 14.5 Å². The van der Waals surface area contributed by atoms with Gasteiger partial charge in [0.25, 0.3) is 5.91 Å². The van der Waals surface area contributed by atoms with Crippen LogP contribution in [-0.4, -0.2) is 66.6 Å². The second-order valence-corrected chi connectivity index (χ2v) is 9.44. The summed E-state index contributed by atoms with van der Waals surface area (Å²) in [5.74, 6) is -1.15. The Hall–Kier alpha value is -4.28. The van der Waals surface area contributed by atoms with Crippen molar-refractivity contribution in [3.63, 3.8) is 0 Å². The molecule has 3 aromatic carbocycles. The van der Waals surface area contributed by atoms with Crippen LogP contribution in [-0.2, 0) is 10.4 Å². The summed E-state index contributed by atoms with van der Waals surface area (Å²) in [6.45, 7) is 3.34. The standard InChI is InChI=1S/C28H28N4O6/c1-38-26-12-11-20(17-24(26)32(36)37)25(33)18-28(35)22-9-5-6-10-23(22)31(27(28)34)19-29-13-15-30(16-14-29)21-7-3-2-4-8-21/h2-12,17,35H,13-16,18-19H2,1H3. The predicted octanol–water partition coefficient (Wildman–Crippen LogP) is 3.19. The highest BCUT2D eigenvalue weighted by Gasteiger charge is 2.51. The van der Waals surface area contributed by atoms with Crippen molar-refractivity contribution in [1.29, 1.82) is 0 Å². The molecule has 0 saturated carbocycles. The molecule has 2 aliphatic heterocycles. The van der Waals surface area contributed by atoms with Crippen LogP contribution in [0, 0.1) is 10.1 Å². The molecule has 10 heteroatoms. The van der Waals surface area contributed by atoms with E-state index in [2.05, 4.69) is 21.9 Å². The first-order valence-corrected chi connectivity index (χ1v) is 12.3. The first kappa shape index (κ1) is 25.4. The third kappa shape index (κ3) is 4.59. The molecule has 0 aliphatic carbocycles. The predicted molar refractivity (Wildman–Crippen MR) is 142 cm³/mol. The zero-order valence-electron chi connectivity index (χ0n) is 20.9. The lowest BCUT2D eigenvalue weighted by molar-refractivity contribution is -0.385. The van der Waals surface area contributed by atoms with Gasteiger partial charge in [-0.3, -0.25) is 29.5 Å². The number of Topliss-reactive ketones (excluding diaryl/α,β-unsaturated/α-hetero) is 1. The minimum Gasteiger partial charge on any atom is -0.490 e. The molecule has 10 nitrogen and oxygen atoms in total. The molecule has 1 fully saturated rings. The van der Waals surface area contributed by atoms with E-state index < -0.39 is 28.6 Å². The molecule has 0 spiro atoms. The summed E-state index contributed by atoms with van der Waals surface area (Å²) in [4.78, 5) is 43.6. The highest BCUT2D eigenvalue weighted by molar-refractivity contribution is 6.10. The van der Waals surface area contributed by atoms with E-state index in [1.54, 1.807) is 24.3 Å². The molecule has 2 heterocycles. The lowest BCUT2D eigenvalue weighted by atomic mass is 9.88. The molecule has 5 rings (SSSR count). The minimum absolute atomic E-state index is 0.0195. The fourth-order valence-corrected chi connectivity index (χ4v) is 5.14. The topological polar surface area (TPSA) is 116 Å². The zero-order valence-corrected chi connectivity index (χ0v) is 20.9. The van der Waals surface area contributed by atoms with Crippen molar-refractivity contribution < 1.29 is 24.4 Å². The van der Waals surface area contributed by atoms with Gasteiger partial charge in [-0.1, -0.05) is 36.4 Å². The number of hydrogen-bond acceptors (Lipinski definition) is 8. The summed E-state index contributed by atoms with van der Waals surface area (Å²) >= 11 is 0. The monoisotopic (exact) mass is 516 g/mol. The number of ether oxygens (including phenoxy) is 1. The van der Waals surface area contributed by atoms with E-state index >= 15 is 0 Å². The second kappa shape index (κ2) is 10.2. The van der Waals surface area contributed by atoms with Gasteiger partial charge in [0.2, 0.25) is 0 Å². The number of carbonyl (C=O) groups excluding carboxylic acids is 2. The van der Waals surface area contributed by atoms with Gasteiger partial charge in [-0.05, 0) is 30.3 Å². The van der Waals surface area contributed by atoms with Crippen molar-refractivity contribution in [1.82, 2.24) is 4.90 Å². The molecule has 2 aliphatic rings. The highest BCUT2D eigenvalue weighted by atomic mass is 16.6. The van der Waals surface area contributed by atoms with E-state index in [4.69, 9.17) is 4.74 Å². The van der Waals surface area contributed by atoms with Gasteiger partial charge in [0.1, 0.15) is 0 Å². The number of carbonyl (C=O) groups is 2. The van der Waals surface area contributed by atoms with Crippen LogP contribution >= 0.6 is 0 Å². The number of amides is 1. The molecule has 1 saturated heterocycles. The van der Waals surface area contributed by atoms with Crippen LogP contribution in [0.25, 0.3) is 0 Å². The summed E-state index contributed by atoms with van der Waals surface area (Å²) in [6.07, 6.45) is -0.537. The summed E-state index contributed by atoms with van der Waals surface area (Å²) in [5.41, 5.74) is -0.357. The molecule has 0 aromatic heterocycles. The number of piperazine rings is 1. The van der Waals surface area contributed by atoms with Gasteiger partial charge in [0.05, 0.1) is 30.8 Å². The maximum Gasteiger partial charge on any atom is 0.311 e. The smallest absolute Gasteiger partial charge is 0.311 e. The Bertz CT molecular complexity index is 1370. The molecule has 38 heavy (non-hydrogen) atoms. The first-order chi connectivity index (χ1) is 18.3. The van der Waals surface area contributed by atoms with Crippen LogP contribution in [0.2, 0.25) is 0 Å². The zero-order chi connectivity index (χ0) is 26.9.